The van der Waals surface area contributed by atoms with E-state index >= 15 is 0 Å². The Balaban J connectivity index is 1.83. The van der Waals surface area contributed by atoms with Crippen LogP contribution in [0.1, 0.15) is 59.3 Å². The number of nitrogens with two attached hydrogens (primary N) is 1. The Morgan fingerprint density at radius 3 is 2.81 bits per heavy atom. The van der Waals surface area contributed by atoms with Crippen LogP contribution < -0.4 is 5.73 Å². The minimum absolute atomic E-state index is 0.167. The standard InChI is InChI=1S/C17H30N2O2/c1-4-7-12-8-5-6-10-19(12)15(20)17(18)13-9-11-21-14(13)16(17,2)3/h12-14H,4-11,18H2,1-3H3. The van der Waals surface area contributed by atoms with Crippen LogP contribution in [0.2, 0.25) is 0 Å². The summed E-state index contributed by atoms with van der Waals surface area (Å²) in [5.74, 6) is 0.404. The van der Waals surface area contributed by atoms with E-state index < -0.39 is 5.54 Å². The minimum atomic E-state index is -0.725. The van der Waals surface area contributed by atoms with Gasteiger partial charge in [0.1, 0.15) is 5.54 Å². The van der Waals surface area contributed by atoms with E-state index in [2.05, 4.69) is 25.7 Å². The van der Waals surface area contributed by atoms with E-state index in [1.807, 2.05) is 0 Å². The highest BCUT2D eigenvalue weighted by molar-refractivity contribution is 5.90. The van der Waals surface area contributed by atoms with Crippen LogP contribution in [0.4, 0.5) is 0 Å². The predicted octanol–water partition coefficient (Wildman–Crippen LogP) is 2.31. The van der Waals surface area contributed by atoms with E-state index in [0.717, 1.165) is 45.3 Å². The van der Waals surface area contributed by atoms with Gasteiger partial charge in [-0.25, -0.2) is 0 Å². The molecule has 0 radical (unpaired) electrons. The van der Waals surface area contributed by atoms with Gasteiger partial charge in [0, 0.05) is 30.5 Å². The molecule has 4 nitrogen and oxygen atoms in total. The fraction of sp³-hybridized carbons (Fsp3) is 0.941. The van der Waals surface area contributed by atoms with Gasteiger partial charge in [0.25, 0.3) is 0 Å². The summed E-state index contributed by atoms with van der Waals surface area (Å²) in [4.78, 5) is 15.4. The molecule has 21 heavy (non-hydrogen) atoms. The van der Waals surface area contributed by atoms with Crippen LogP contribution in [0, 0.1) is 11.3 Å². The molecule has 3 rings (SSSR count). The number of rotatable bonds is 3. The number of carbonyl (C=O) groups is 1. The number of fused-ring (bicyclic) bond motifs is 1. The molecule has 0 aromatic heterocycles. The molecule has 4 unspecified atom stereocenters. The lowest BCUT2D eigenvalue weighted by molar-refractivity contribution is -0.187. The Bertz CT molecular complexity index is 421. The van der Waals surface area contributed by atoms with E-state index in [9.17, 15) is 4.79 Å². The van der Waals surface area contributed by atoms with E-state index in [0.29, 0.717) is 6.04 Å². The second-order valence-corrected chi connectivity index (χ2v) is 7.71. The maximum Gasteiger partial charge on any atom is 0.243 e. The summed E-state index contributed by atoms with van der Waals surface area (Å²) in [6.45, 7) is 8.05. The van der Waals surface area contributed by atoms with Crippen molar-refractivity contribution in [3.8, 4) is 0 Å². The third kappa shape index (κ3) is 1.98. The molecule has 1 saturated carbocycles. The molecule has 2 N–H and O–H groups in total. The Hall–Kier alpha value is -0.610. The van der Waals surface area contributed by atoms with Crippen LogP contribution in [0.25, 0.3) is 0 Å². The normalized spacial score (nSPS) is 41.5. The zero-order chi connectivity index (χ0) is 15.3. The van der Waals surface area contributed by atoms with Crippen molar-refractivity contribution in [3.63, 3.8) is 0 Å². The van der Waals surface area contributed by atoms with Gasteiger partial charge in [-0.05, 0) is 32.1 Å². The average molecular weight is 294 g/mol. The molecule has 1 aliphatic carbocycles. The second-order valence-electron chi connectivity index (χ2n) is 7.71. The van der Waals surface area contributed by atoms with Gasteiger partial charge in [-0.1, -0.05) is 27.2 Å². The maximum atomic E-state index is 13.3. The molecule has 2 heterocycles. The summed E-state index contributed by atoms with van der Waals surface area (Å²) in [6.07, 6.45) is 6.83. The van der Waals surface area contributed by atoms with Crippen molar-refractivity contribution in [3.05, 3.63) is 0 Å². The van der Waals surface area contributed by atoms with E-state index in [1.54, 1.807) is 0 Å². The fourth-order valence-corrected chi connectivity index (χ4v) is 4.96. The summed E-state index contributed by atoms with van der Waals surface area (Å²) >= 11 is 0. The molecule has 1 amide bonds. The van der Waals surface area contributed by atoms with E-state index in [-0.39, 0.29) is 23.3 Å². The molecule has 0 bridgehead atoms. The smallest absolute Gasteiger partial charge is 0.243 e. The van der Waals surface area contributed by atoms with Crippen molar-refractivity contribution >= 4 is 5.91 Å². The average Bonchev–Trinajstić information content (AvgIpc) is 2.95. The minimum Gasteiger partial charge on any atom is -0.377 e. The summed E-state index contributed by atoms with van der Waals surface area (Å²) in [5, 5.41) is 0. The first kappa shape index (κ1) is 15.3. The molecule has 0 aromatic carbocycles. The number of nitrogens with zero attached hydrogens (tertiary/aromatic N) is 1. The fourth-order valence-electron chi connectivity index (χ4n) is 4.96. The summed E-state index contributed by atoms with van der Waals surface area (Å²) < 4.78 is 5.82. The summed E-state index contributed by atoms with van der Waals surface area (Å²) in [5.41, 5.74) is 5.75. The number of piperidine rings is 1. The molecular weight excluding hydrogens is 264 g/mol. The molecular formula is C17H30N2O2. The van der Waals surface area contributed by atoms with Gasteiger partial charge in [-0.3, -0.25) is 4.79 Å². The van der Waals surface area contributed by atoms with Crippen LogP contribution >= 0.6 is 0 Å². The Labute approximate surface area is 128 Å². The van der Waals surface area contributed by atoms with E-state index in [4.69, 9.17) is 10.5 Å². The van der Waals surface area contributed by atoms with Crippen LogP contribution in [0.15, 0.2) is 0 Å². The maximum absolute atomic E-state index is 13.3. The van der Waals surface area contributed by atoms with E-state index in [1.165, 1.54) is 6.42 Å². The lowest BCUT2D eigenvalue weighted by atomic mass is 9.47. The summed E-state index contributed by atoms with van der Waals surface area (Å²) in [7, 11) is 0. The molecule has 4 heteroatoms. The van der Waals surface area contributed by atoms with Gasteiger partial charge in [-0.15, -0.1) is 0 Å². The van der Waals surface area contributed by atoms with Gasteiger partial charge in [0.2, 0.25) is 5.91 Å². The van der Waals surface area contributed by atoms with Gasteiger partial charge in [0.15, 0.2) is 0 Å². The lowest BCUT2D eigenvalue weighted by Gasteiger charge is -2.62. The number of ether oxygens (including phenoxy) is 1. The quantitative estimate of drug-likeness (QED) is 0.869. The first-order valence-corrected chi connectivity index (χ1v) is 8.66. The van der Waals surface area contributed by atoms with Gasteiger partial charge in [0.05, 0.1) is 6.10 Å². The van der Waals surface area contributed by atoms with Crippen molar-refractivity contribution in [2.24, 2.45) is 17.1 Å². The Morgan fingerprint density at radius 1 is 1.33 bits per heavy atom. The summed E-state index contributed by atoms with van der Waals surface area (Å²) in [6, 6.07) is 0.397. The van der Waals surface area contributed by atoms with Crippen molar-refractivity contribution in [1.29, 1.82) is 0 Å². The third-order valence-electron chi connectivity index (χ3n) is 6.32. The van der Waals surface area contributed by atoms with Crippen molar-refractivity contribution in [1.82, 2.24) is 4.90 Å². The number of likely N-dealkylation sites (tertiary alicyclic amines) is 1. The van der Waals surface area contributed by atoms with Crippen molar-refractivity contribution in [2.45, 2.75) is 77.0 Å². The molecule has 0 aromatic rings. The van der Waals surface area contributed by atoms with Crippen molar-refractivity contribution < 1.29 is 9.53 Å². The molecule has 2 aliphatic heterocycles. The highest BCUT2D eigenvalue weighted by atomic mass is 16.5. The molecule has 4 atom stereocenters. The first-order valence-electron chi connectivity index (χ1n) is 8.66. The molecule has 2 saturated heterocycles. The number of hydrogen-bond acceptors (Lipinski definition) is 3. The lowest BCUT2D eigenvalue weighted by Crippen LogP contribution is -2.80. The van der Waals surface area contributed by atoms with Crippen molar-refractivity contribution in [2.75, 3.05) is 13.2 Å². The molecule has 3 fully saturated rings. The zero-order valence-electron chi connectivity index (χ0n) is 13.7. The molecule has 120 valence electrons. The van der Waals surface area contributed by atoms with Gasteiger partial charge in [-0.2, -0.15) is 0 Å². The van der Waals surface area contributed by atoms with Crippen LogP contribution in [0.5, 0.6) is 0 Å². The number of hydrogen-bond donors (Lipinski definition) is 1. The van der Waals surface area contributed by atoms with Crippen LogP contribution in [-0.2, 0) is 9.53 Å². The number of amides is 1. The van der Waals surface area contributed by atoms with Gasteiger partial charge < -0.3 is 15.4 Å². The second kappa shape index (κ2) is 5.24. The predicted molar refractivity (Wildman–Crippen MR) is 82.8 cm³/mol. The Kier molecular flexibility index (Phi) is 3.81. The van der Waals surface area contributed by atoms with Gasteiger partial charge >= 0.3 is 0 Å². The monoisotopic (exact) mass is 294 g/mol. The number of carbonyl (C=O) groups excluding carboxylic acids is 1. The van der Waals surface area contributed by atoms with Crippen LogP contribution in [-0.4, -0.2) is 41.6 Å². The van der Waals surface area contributed by atoms with Crippen LogP contribution in [0.3, 0.4) is 0 Å². The highest BCUT2D eigenvalue weighted by Crippen LogP contribution is 2.59. The largest absolute Gasteiger partial charge is 0.377 e. The third-order valence-corrected chi connectivity index (χ3v) is 6.32. The zero-order valence-corrected chi connectivity index (χ0v) is 13.7. The molecule has 0 spiro atoms. The SMILES string of the molecule is CCCC1CCCCN1C(=O)C1(N)C2CCOC2C1(C)C. The topological polar surface area (TPSA) is 55.6 Å². The molecule has 3 aliphatic rings. The Morgan fingerprint density at radius 2 is 2.10 bits per heavy atom. The first-order chi connectivity index (χ1) is 9.94. The highest BCUT2D eigenvalue weighted by Gasteiger charge is 2.72.